The van der Waals surface area contributed by atoms with E-state index in [2.05, 4.69) is 4.98 Å². The lowest BCUT2D eigenvalue weighted by Crippen LogP contribution is -2.44. The lowest BCUT2D eigenvalue weighted by Gasteiger charge is -2.31. The minimum Gasteiger partial charge on any atom is -0.458 e. The second kappa shape index (κ2) is 5.32. The third kappa shape index (κ3) is 1.95. The first-order chi connectivity index (χ1) is 13.3. The molecule has 0 bridgehead atoms. The normalized spacial score (nSPS) is 19.9. The topological polar surface area (TPSA) is 127 Å². The van der Waals surface area contributed by atoms with Crippen LogP contribution in [-0.4, -0.2) is 20.6 Å². The van der Waals surface area contributed by atoms with Crippen LogP contribution in [0, 0.1) is 0 Å². The fourth-order valence-corrected chi connectivity index (χ4v) is 4.14. The van der Waals surface area contributed by atoms with Gasteiger partial charge in [0.1, 0.15) is 6.61 Å². The second-order valence-corrected chi connectivity index (χ2v) is 7.22. The number of H-pyrrole nitrogens is 1. The average Bonchev–Trinajstić information content (AvgIpc) is 3.05. The van der Waals surface area contributed by atoms with Crippen LogP contribution in [0.3, 0.4) is 0 Å². The summed E-state index contributed by atoms with van der Waals surface area (Å²) in [5.41, 5.74) is 6.34. The Morgan fingerprint density at radius 1 is 1.25 bits per heavy atom. The third-order valence-electron chi connectivity index (χ3n) is 5.74. The number of hydrogen-bond acceptors (Lipinski definition) is 6. The SMILES string of the molecule is CC[C@@]1(O)C(=O)OCc2c1cc1n(c2=O)Cc2c-1[nH]c1ccc(N)cc1c2=O. The quantitative estimate of drug-likeness (QED) is 0.334. The number of carbonyl (C=O) groups is 1. The maximum atomic E-state index is 13.1. The number of pyridine rings is 2. The number of nitrogens with one attached hydrogen (secondary N) is 1. The number of nitrogens with zero attached hydrogens (tertiary/aromatic N) is 1. The van der Waals surface area contributed by atoms with Gasteiger partial charge in [-0.05, 0) is 30.7 Å². The molecule has 8 heteroatoms. The average molecular weight is 379 g/mol. The molecule has 0 spiro atoms. The van der Waals surface area contributed by atoms with E-state index in [1.165, 1.54) is 4.57 Å². The van der Waals surface area contributed by atoms with E-state index in [-0.39, 0.29) is 41.7 Å². The summed E-state index contributed by atoms with van der Waals surface area (Å²) in [4.78, 5) is 41.4. The van der Waals surface area contributed by atoms with Crippen LogP contribution in [0.1, 0.15) is 30.0 Å². The molecule has 2 aliphatic heterocycles. The fourth-order valence-electron chi connectivity index (χ4n) is 4.14. The van der Waals surface area contributed by atoms with Crippen LogP contribution in [-0.2, 0) is 28.3 Å². The Morgan fingerprint density at radius 2 is 2.04 bits per heavy atom. The molecule has 142 valence electrons. The van der Waals surface area contributed by atoms with E-state index in [1.807, 2.05) is 0 Å². The van der Waals surface area contributed by atoms with Gasteiger partial charge in [0.05, 0.1) is 23.5 Å². The van der Waals surface area contributed by atoms with Gasteiger partial charge >= 0.3 is 5.97 Å². The van der Waals surface area contributed by atoms with Crippen molar-refractivity contribution in [3.63, 3.8) is 0 Å². The molecule has 0 fully saturated rings. The van der Waals surface area contributed by atoms with E-state index in [4.69, 9.17) is 10.5 Å². The number of ether oxygens (including phenoxy) is 1. The molecule has 8 nitrogen and oxygen atoms in total. The molecular formula is C20H17N3O5. The first-order valence-corrected chi connectivity index (χ1v) is 8.96. The van der Waals surface area contributed by atoms with E-state index in [0.29, 0.717) is 33.5 Å². The minimum atomic E-state index is -1.88. The summed E-state index contributed by atoms with van der Waals surface area (Å²) in [6, 6.07) is 6.62. The number of aromatic amines is 1. The Labute approximate surface area is 158 Å². The van der Waals surface area contributed by atoms with Gasteiger partial charge in [0, 0.05) is 27.7 Å². The highest BCUT2D eigenvalue weighted by atomic mass is 16.6. The number of hydrogen-bond donors (Lipinski definition) is 3. The highest BCUT2D eigenvalue weighted by molar-refractivity contribution is 5.87. The minimum absolute atomic E-state index is 0.0715. The molecule has 2 aromatic heterocycles. The van der Waals surface area contributed by atoms with Crippen LogP contribution in [0.2, 0.25) is 0 Å². The number of cyclic esters (lactones) is 1. The molecule has 1 atom stereocenters. The summed E-state index contributed by atoms with van der Waals surface area (Å²) in [6.45, 7) is 1.56. The van der Waals surface area contributed by atoms with Crippen molar-refractivity contribution in [3.05, 3.63) is 61.5 Å². The first-order valence-electron chi connectivity index (χ1n) is 8.96. The molecule has 5 rings (SSSR count). The van der Waals surface area contributed by atoms with Crippen molar-refractivity contribution >= 4 is 22.6 Å². The van der Waals surface area contributed by atoms with E-state index < -0.39 is 11.6 Å². The smallest absolute Gasteiger partial charge is 0.343 e. The second-order valence-electron chi connectivity index (χ2n) is 7.22. The summed E-state index contributed by atoms with van der Waals surface area (Å²) in [5.74, 6) is -0.771. The van der Waals surface area contributed by atoms with Crippen molar-refractivity contribution in [2.24, 2.45) is 0 Å². The van der Waals surface area contributed by atoms with Crippen molar-refractivity contribution < 1.29 is 14.6 Å². The number of rotatable bonds is 1. The van der Waals surface area contributed by atoms with E-state index >= 15 is 0 Å². The van der Waals surface area contributed by atoms with E-state index in [9.17, 15) is 19.5 Å². The van der Waals surface area contributed by atoms with Gasteiger partial charge in [-0.25, -0.2) is 4.79 Å². The summed E-state index contributed by atoms with van der Waals surface area (Å²) < 4.78 is 6.51. The number of esters is 1. The molecule has 4 heterocycles. The predicted octanol–water partition coefficient (Wildman–Crippen LogP) is 0.955. The Hall–Kier alpha value is -3.39. The Bertz CT molecular complexity index is 1320. The van der Waals surface area contributed by atoms with Crippen LogP contribution < -0.4 is 16.7 Å². The molecule has 28 heavy (non-hydrogen) atoms. The number of anilines is 1. The lowest BCUT2D eigenvalue weighted by atomic mass is 9.86. The number of carbonyl (C=O) groups excluding carboxylic acids is 1. The van der Waals surface area contributed by atoms with Crippen LogP contribution in [0.25, 0.3) is 22.3 Å². The monoisotopic (exact) mass is 379 g/mol. The highest BCUT2D eigenvalue weighted by Gasteiger charge is 2.45. The largest absolute Gasteiger partial charge is 0.458 e. The summed E-state index contributed by atoms with van der Waals surface area (Å²) in [7, 11) is 0. The van der Waals surface area contributed by atoms with E-state index in [1.54, 1.807) is 31.2 Å². The summed E-state index contributed by atoms with van der Waals surface area (Å²) in [6.07, 6.45) is 0.0715. The van der Waals surface area contributed by atoms with Gasteiger partial charge in [-0.2, -0.15) is 0 Å². The van der Waals surface area contributed by atoms with Gasteiger partial charge in [0.25, 0.3) is 5.56 Å². The first kappa shape index (κ1) is 16.8. The molecular weight excluding hydrogens is 362 g/mol. The molecule has 4 N–H and O–H groups in total. The van der Waals surface area contributed by atoms with E-state index in [0.717, 1.165) is 0 Å². The van der Waals surface area contributed by atoms with Crippen LogP contribution in [0.4, 0.5) is 5.69 Å². The number of benzene rings is 1. The molecule has 2 aliphatic rings. The Morgan fingerprint density at radius 3 is 2.79 bits per heavy atom. The number of nitrogen functional groups attached to an aromatic ring is 1. The fraction of sp³-hybridized carbons (Fsp3) is 0.250. The molecule has 0 saturated carbocycles. The molecule has 0 saturated heterocycles. The number of fused-ring (bicyclic) bond motifs is 5. The third-order valence-corrected chi connectivity index (χ3v) is 5.74. The maximum absolute atomic E-state index is 13.1. The molecule has 0 radical (unpaired) electrons. The van der Waals surface area contributed by atoms with Gasteiger partial charge in [0.15, 0.2) is 11.0 Å². The molecule has 0 aliphatic carbocycles. The van der Waals surface area contributed by atoms with Crippen molar-refractivity contribution in [2.75, 3.05) is 5.73 Å². The zero-order valence-electron chi connectivity index (χ0n) is 15.0. The highest BCUT2D eigenvalue weighted by Crippen LogP contribution is 2.37. The molecule has 0 unspecified atom stereocenters. The van der Waals surface area contributed by atoms with Crippen molar-refractivity contribution in [1.82, 2.24) is 9.55 Å². The zero-order valence-corrected chi connectivity index (χ0v) is 15.0. The lowest BCUT2D eigenvalue weighted by molar-refractivity contribution is -0.172. The predicted molar refractivity (Wildman–Crippen MR) is 102 cm³/mol. The zero-order chi connectivity index (χ0) is 19.8. The maximum Gasteiger partial charge on any atom is 0.343 e. The van der Waals surface area contributed by atoms with Gasteiger partial charge in [-0.1, -0.05) is 6.92 Å². The number of nitrogens with two attached hydrogens (primary N) is 1. The molecule has 0 amide bonds. The summed E-state index contributed by atoms with van der Waals surface area (Å²) in [5, 5.41) is 11.3. The van der Waals surface area contributed by atoms with Crippen LogP contribution in [0.15, 0.2) is 33.9 Å². The van der Waals surface area contributed by atoms with Gasteiger partial charge in [0.2, 0.25) is 0 Å². The molecule has 1 aromatic carbocycles. The van der Waals surface area contributed by atoms with Crippen molar-refractivity contribution in [1.29, 1.82) is 0 Å². The van der Waals surface area contributed by atoms with Gasteiger partial charge < -0.3 is 25.1 Å². The molecule has 3 aromatic rings. The number of aromatic nitrogens is 2. The Kier molecular flexibility index (Phi) is 3.19. The van der Waals surface area contributed by atoms with Crippen LogP contribution in [0.5, 0.6) is 0 Å². The van der Waals surface area contributed by atoms with Gasteiger partial charge in [-0.15, -0.1) is 0 Å². The standard InChI is InChI=1S/C20H17N3O5/c1-2-20(27)13-6-15-16-11(7-23(15)18(25)12(13)8-28-19(20)26)17(24)10-5-9(21)3-4-14(10)22-16/h3-6,27H,2,7-8,21H2,1H3,(H,22,24)/t20-/m0/s1. The summed E-state index contributed by atoms with van der Waals surface area (Å²) >= 11 is 0. The van der Waals surface area contributed by atoms with Crippen molar-refractivity contribution in [2.45, 2.75) is 32.1 Å². The van der Waals surface area contributed by atoms with Crippen molar-refractivity contribution in [3.8, 4) is 11.4 Å². The van der Waals surface area contributed by atoms with Gasteiger partial charge in [-0.3, -0.25) is 9.59 Å². The number of aliphatic hydroxyl groups is 1. The van der Waals surface area contributed by atoms with Crippen LogP contribution >= 0.6 is 0 Å². The Balaban J connectivity index is 1.84.